The van der Waals surface area contributed by atoms with E-state index in [-0.39, 0.29) is 12.1 Å². The Balaban J connectivity index is 1.72. The molecule has 0 fully saturated rings. The zero-order valence-electron chi connectivity index (χ0n) is 17.9. The van der Waals surface area contributed by atoms with E-state index in [1.54, 1.807) is 0 Å². The topological polar surface area (TPSA) is 89.2 Å². The van der Waals surface area contributed by atoms with Crippen LogP contribution in [-0.2, 0) is 0 Å². The predicted molar refractivity (Wildman–Crippen MR) is 118 cm³/mol. The molecule has 0 unspecified atom stereocenters. The van der Waals surface area contributed by atoms with Crippen LogP contribution in [0.25, 0.3) is 0 Å². The van der Waals surface area contributed by atoms with Crippen molar-refractivity contribution in [2.75, 3.05) is 53.4 Å². The molecule has 3 rings (SSSR count). The number of fused-ring (bicyclic) bond motifs is 1. The van der Waals surface area contributed by atoms with Crippen molar-refractivity contribution in [1.82, 2.24) is 25.3 Å². The van der Waals surface area contributed by atoms with Gasteiger partial charge in [0.25, 0.3) is 0 Å². The molecule has 0 radical (unpaired) electrons. The summed E-state index contributed by atoms with van der Waals surface area (Å²) in [6.07, 6.45) is 5.96. The lowest BCUT2D eigenvalue weighted by Gasteiger charge is -2.43. The van der Waals surface area contributed by atoms with Crippen molar-refractivity contribution in [1.29, 1.82) is 0 Å². The summed E-state index contributed by atoms with van der Waals surface area (Å²) in [5.41, 5.74) is 9.71. The summed E-state index contributed by atoms with van der Waals surface area (Å²) in [6, 6.07) is 0.321. The average Bonchev–Trinajstić information content (AvgIpc) is 2.67. The first kappa shape index (κ1) is 21.4. The van der Waals surface area contributed by atoms with Crippen molar-refractivity contribution in [2.24, 2.45) is 10.7 Å². The Labute approximate surface area is 174 Å². The highest BCUT2D eigenvalue weighted by Gasteiger charge is 2.35. The maximum atomic E-state index is 12.8. The van der Waals surface area contributed by atoms with Gasteiger partial charge in [-0.15, -0.1) is 6.58 Å². The zero-order chi connectivity index (χ0) is 21.0. The van der Waals surface area contributed by atoms with E-state index in [1.165, 1.54) is 16.8 Å². The fraction of sp³-hybridized carbons (Fsp3) is 0.619. The average molecular weight is 402 g/mol. The molecule has 4 N–H and O–H groups in total. The Kier molecular flexibility index (Phi) is 6.97. The molecule has 8 nitrogen and oxygen atoms in total. The number of hydrogen-bond acceptors (Lipinski definition) is 6. The minimum Gasteiger partial charge on any atom is -0.370 e. The van der Waals surface area contributed by atoms with E-state index < -0.39 is 0 Å². The fourth-order valence-electron chi connectivity index (χ4n) is 4.26. The van der Waals surface area contributed by atoms with E-state index in [0.717, 1.165) is 39.0 Å². The van der Waals surface area contributed by atoms with Gasteiger partial charge in [-0.3, -0.25) is 4.90 Å². The molecule has 0 aromatic rings. The van der Waals surface area contributed by atoms with Gasteiger partial charge >= 0.3 is 6.03 Å². The van der Waals surface area contributed by atoms with Gasteiger partial charge in [0.1, 0.15) is 0 Å². The number of allylic oxidation sites excluding steroid dienone is 1. The van der Waals surface area contributed by atoms with Gasteiger partial charge in [-0.1, -0.05) is 12.2 Å². The van der Waals surface area contributed by atoms with Crippen molar-refractivity contribution in [3.8, 4) is 0 Å². The number of urea groups is 1. The van der Waals surface area contributed by atoms with E-state index >= 15 is 0 Å². The molecule has 3 aliphatic rings. The van der Waals surface area contributed by atoms with Crippen LogP contribution in [0.5, 0.6) is 0 Å². The number of likely N-dealkylation sites (N-methyl/N-ethyl adjacent to an activating group) is 2. The van der Waals surface area contributed by atoms with Gasteiger partial charge in [0.15, 0.2) is 5.96 Å². The third kappa shape index (κ3) is 5.19. The van der Waals surface area contributed by atoms with Gasteiger partial charge in [-0.05, 0) is 38.6 Å². The molecule has 2 heterocycles. The third-order valence-corrected chi connectivity index (χ3v) is 5.84. The van der Waals surface area contributed by atoms with Crippen LogP contribution >= 0.6 is 0 Å². The quantitative estimate of drug-likeness (QED) is 0.547. The summed E-state index contributed by atoms with van der Waals surface area (Å²) in [6.45, 7) is 10.5. The van der Waals surface area contributed by atoms with E-state index in [4.69, 9.17) is 5.73 Å². The molecule has 29 heavy (non-hydrogen) atoms. The molecule has 0 saturated heterocycles. The summed E-state index contributed by atoms with van der Waals surface area (Å²) < 4.78 is 0. The first-order valence-corrected chi connectivity index (χ1v) is 10.4. The second-order valence-corrected chi connectivity index (χ2v) is 8.23. The number of nitrogens with two attached hydrogens (primary N) is 1. The summed E-state index contributed by atoms with van der Waals surface area (Å²) >= 11 is 0. The molecule has 0 saturated carbocycles. The Morgan fingerprint density at radius 1 is 1.48 bits per heavy atom. The maximum Gasteiger partial charge on any atom is 0.317 e. The molecular formula is C21H35N7O. The number of carbonyl (C=O) groups excluding carboxylic acids is 1. The van der Waals surface area contributed by atoms with E-state index in [0.29, 0.717) is 25.1 Å². The summed E-state index contributed by atoms with van der Waals surface area (Å²) in [5.74, 6) is 0.492. The minimum absolute atomic E-state index is 0.00362. The predicted octanol–water partition coefficient (Wildman–Crippen LogP) is 0.711. The van der Waals surface area contributed by atoms with Crippen molar-refractivity contribution >= 4 is 12.0 Å². The van der Waals surface area contributed by atoms with Crippen LogP contribution in [0.2, 0.25) is 0 Å². The first-order valence-electron chi connectivity index (χ1n) is 10.4. The second-order valence-electron chi connectivity index (χ2n) is 8.23. The van der Waals surface area contributed by atoms with Gasteiger partial charge in [-0.2, -0.15) is 0 Å². The van der Waals surface area contributed by atoms with Gasteiger partial charge in [-0.25, -0.2) is 9.79 Å². The van der Waals surface area contributed by atoms with Crippen LogP contribution in [0.1, 0.15) is 19.8 Å². The monoisotopic (exact) mass is 401 g/mol. The molecule has 160 valence electrons. The van der Waals surface area contributed by atoms with Crippen molar-refractivity contribution in [2.45, 2.75) is 31.8 Å². The summed E-state index contributed by atoms with van der Waals surface area (Å²) in [7, 11) is 4.04. The van der Waals surface area contributed by atoms with Crippen LogP contribution in [-0.4, -0.2) is 92.1 Å². The number of amides is 2. The number of rotatable bonds is 7. The first-order chi connectivity index (χ1) is 13.9. The molecule has 0 spiro atoms. The number of guanidine groups is 1. The van der Waals surface area contributed by atoms with Crippen LogP contribution in [0.15, 0.2) is 40.6 Å². The highest BCUT2D eigenvalue weighted by Crippen LogP contribution is 2.35. The summed E-state index contributed by atoms with van der Waals surface area (Å²) in [4.78, 5) is 23.5. The highest BCUT2D eigenvalue weighted by atomic mass is 16.2. The highest BCUT2D eigenvalue weighted by molar-refractivity contribution is 5.81. The third-order valence-electron chi connectivity index (χ3n) is 5.84. The van der Waals surface area contributed by atoms with Gasteiger partial charge < -0.3 is 26.2 Å². The standard InChI is InChI=1S/C21H35N7O/c1-5-7-28-14-17(24-21(29)27(6-2)9-8-26(3)4)10-15-11-18-16(12-19(15)28)13-23-20(22)25-18/h5,10,17,19H,1,6-9,11-14H2,2-4H3,(H,24,29)(H3,22,23,25)/t17-,19+/m0/s1. The Hall–Kier alpha value is -2.32. The molecule has 2 aliphatic heterocycles. The van der Waals surface area contributed by atoms with E-state index in [1.807, 2.05) is 32.0 Å². The smallest absolute Gasteiger partial charge is 0.317 e. The van der Waals surface area contributed by atoms with Crippen molar-refractivity contribution in [3.05, 3.63) is 35.6 Å². The Bertz CT molecular complexity index is 725. The Morgan fingerprint density at radius 2 is 2.28 bits per heavy atom. The number of carbonyl (C=O) groups is 1. The summed E-state index contributed by atoms with van der Waals surface area (Å²) in [5, 5.41) is 6.46. The molecular weight excluding hydrogens is 366 g/mol. The van der Waals surface area contributed by atoms with E-state index in [9.17, 15) is 4.79 Å². The molecule has 0 aromatic carbocycles. The van der Waals surface area contributed by atoms with Crippen LogP contribution in [0.4, 0.5) is 4.79 Å². The minimum atomic E-state index is -0.0149. The van der Waals surface area contributed by atoms with Crippen molar-refractivity contribution < 1.29 is 4.79 Å². The van der Waals surface area contributed by atoms with E-state index in [2.05, 4.69) is 38.1 Å². The largest absolute Gasteiger partial charge is 0.370 e. The molecule has 2 amide bonds. The second kappa shape index (κ2) is 9.45. The molecule has 8 heteroatoms. The van der Waals surface area contributed by atoms with Crippen LogP contribution < -0.4 is 16.4 Å². The SMILES string of the molecule is C=CCN1C[C@@H](NC(=O)N(CC)CCN(C)C)C=C2CC3=C(CN=C(N)N3)C[C@H]21. The van der Waals surface area contributed by atoms with Crippen LogP contribution in [0.3, 0.4) is 0 Å². The maximum absolute atomic E-state index is 12.8. The zero-order valence-corrected chi connectivity index (χ0v) is 17.9. The molecule has 0 aromatic heterocycles. The lowest BCUT2D eigenvalue weighted by atomic mass is 9.82. The number of nitrogens with one attached hydrogen (secondary N) is 2. The molecule has 1 aliphatic carbocycles. The number of nitrogens with zero attached hydrogens (tertiary/aromatic N) is 4. The van der Waals surface area contributed by atoms with Gasteiger partial charge in [0.2, 0.25) is 0 Å². The fourth-order valence-corrected chi connectivity index (χ4v) is 4.26. The normalized spacial score (nSPS) is 24.1. The van der Waals surface area contributed by atoms with Crippen LogP contribution in [0, 0.1) is 0 Å². The number of hydrogen-bond donors (Lipinski definition) is 3. The lowest BCUT2D eigenvalue weighted by molar-refractivity contribution is 0.176. The Morgan fingerprint density at radius 3 is 2.97 bits per heavy atom. The van der Waals surface area contributed by atoms with Gasteiger partial charge in [0, 0.05) is 50.9 Å². The molecule has 2 atom stereocenters. The lowest BCUT2D eigenvalue weighted by Crippen LogP contribution is -2.55. The van der Waals surface area contributed by atoms with Gasteiger partial charge in [0.05, 0.1) is 12.6 Å². The molecule has 0 bridgehead atoms. The van der Waals surface area contributed by atoms with Crippen molar-refractivity contribution in [3.63, 3.8) is 0 Å². The number of aliphatic imine (C=N–C) groups is 1.